The Morgan fingerprint density at radius 2 is 1.80 bits per heavy atom. The summed E-state index contributed by atoms with van der Waals surface area (Å²) in [5.74, 6) is 0. The number of nitrogens with zero attached hydrogens (tertiary/aromatic N) is 1. The van der Waals surface area contributed by atoms with Crippen LogP contribution in [0.2, 0.25) is 10.0 Å². The van der Waals surface area contributed by atoms with Gasteiger partial charge in [-0.2, -0.15) is 0 Å². The number of piperazine rings is 1. The standard InChI is InChI=1S/C16H24Cl2N2/c1-2-3-4-8-15(20-11-9-19-10-12-20)16-13(17)6-5-7-14(16)18/h5-7,15,19H,2-4,8-12H2,1H3/t15-/m1/s1. The average molecular weight is 315 g/mol. The summed E-state index contributed by atoms with van der Waals surface area (Å²) in [6.07, 6.45) is 4.87. The van der Waals surface area contributed by atoms with Crippen molar-refractivity contribution in [2.24, 2.45) is 0 Å². The molecule has 20 heavy (non-hydrogen) atoms. The van der Waals surface area contributed by atoms with Gasteiger partial charge in [0.15, 0.2) is 0 Å². The second-order valence-electron chi connectivity index (χ2n) is 5.43. The Morgan fingerprint density at radius 3 is 2.40 bits per heavy atom. The highest BCUT2D eigenvalue weighted by Crippen LogP contribution is 2.36. The van der Waals surface area contributed by atoms with Crippen LogP contribution in [0, 0.1) is 0 Å². The predicted molar refractivity (Wildman–Crippen MR) is 87.8 cm³/mol. The van der Waals surface area contributed by atoms with Crippen LogP contribution in [0.5, 0.6) is 0 Å². The van der Waals surface area contributed by atoms with Crippen molar-refractivity contribution in [1.82, 2.24) is 10.2 Å². The van der Waals surface area contributed by atoms with Crippen LogP contribution in [0.25, 0.3) is 0 Å². The summed E-state index contributed by atoms with van der Waals surface area (Å²) in [6.45, 7) is 6.47. The third-order valence-electron chi connectivity index (χ3n) is 4.01. The summed E-state index contributed by atoms with van der Waals surface area (Å²) in [6, 6.07) is 6.19. The van der Waals surface area contributed by atoms with Crippen molar-refractivity contribution in [3.63, 3.8) is 0 Å². The van der Waals surface area contributed by atoms with Crippen LogP contribution in [-0.2, 0) is 0 Å². The van der Waals surface area contributed by atoms with E-state index in [-0.39, 0.29) is 0 Å². The quantitative estimate of drug-likeness (QED) is 0.777. The van der Waals surface area contributed by atoms with Crippen LogP contribution >= 0.6 is 23.2 Å². The Hall–Kier alpha value is -0.280. The summed E-state index contributed by atoms with van der Waals surface area (Å²) in [7, 11) is 0. The van der Waals surface area contributed by atoms with E-state index in [1.54, 1.807) is 0 Å². The van der Waals surface area contributed by atoms with Gasteiger partial charge < -0.3 is 5.32 Å². The molecular weight excluding hydrogens is 291 g/mol. The number of hydrogen-bond acceptors (Lipinski definition) is 2. The molecule has 112 valence electrons. The lowest BCUT2D eigenvalue weighted by Gasteiger charge is -2.36. The molecule has 0 radical (unpaired) electrons. The molecule has 0 unspecified atom stereocenters. The highest BCUT2D eigenvalue weighted by atomic mass is 35.5. The topological polar surface area (TPSA) is 15.3 Å². The zero-order valence-electron chi connectivity index (χ0n) is 12.2. The molecule has 2 nitrogen and oxygen atoms in total. The van der Waals surface area contributed by atoms with E-state index in [1.807, 2.05) is 18.2 Å². The number of unbranched alkanes of at least 4 members (excludes halogenated alkanes) is 2. The molecule has 1 aromatic carbocycles. The molecule has 1 N–H and O–H groups in total. The molecule has 1 atom stereocenters. The van der Waals surface area contributed by atoms with Gasteiger partial charge in [-0.3, -0.25) is 4.90 Å². The van der Waals surface area contributed by atoms with Crippen molar-refractivity contribution in [3.8, 4) is 0 Å². The second kappa shape index (κ2) is 8.23. The largest absolute Gasteiger partial charge is 0.314 e. The van der Waals surface area contributed by atoms with Crippen molar-refractivity contribution < 1.29 is 0 Å². The van der Waals surface area contributed by atoms with E-state index in [2.05, 4.69) is 17.1 Å². The number of hydrogen-bond donors (Lipinski definition) is 1. The minimum Gasteiger partial charge on any atom is -0.314 e. The van der Waals surface area contributed by atoms with Crippen molar-refractivity contribution in [2.45, 2.75) is 38.6 Å². The van der Waals surface area contributed by atoms with E-state index in [9.17, 15) is 0 Å². The molecule has 2 rings (SSSR count). The van der Waals surface area contributed by atoms with Crippen LogP contribution < -0.4 is 5.32 Å². The summed E-state index contributed by atoms with van der Waals surface area (Å²) >= 11 is 12.9. The minimum absolute atomic E-state index is 0.352. The Bertz CT molecular complexity index is 397. The van der Waals surface area contributed by atoms with E-state index >= 15 is 0 Å². The maximum absolute atomic E-state index is 6.43. The van der Waals surface area contributed by atoms with Crippen molar-refractivity contribution in [1.29, 1.82) is 0 Å². The van der Waals surface area contributed by atoms with Gasteiger partial charge in [-0.15, -0.1) is 0 Å². The van der Waals surface area contributed by atoms with Crippen molar-refractivity contribution in [3.05, 3.63) is 33.8 Å². The van der Waals surface area contributed by atoms with E-state index in [0.29, 0.717) is 6.04 Å². The first-order valence-corrected chi connectivity index (χ1v) is 8.38. The second-order valence-corrected chi connectivity index (χ2v) is 6.25. The molecule has 1 saturated heterocycles. The van der Waals surface area contributed by atoms with Gasteiger partial charge in [-0.25, -0.2) is 0 Å². The molecule has 0 aromatic heterocycles. The summed E-state index contributed by atoms with van der Waals surface area (Å²) in [4.78, 5) is 2.53. The number of nitrogens with one attached hydrogen (secondary N) is 1. The van der Waals surface area contributed by atoms with Gasteiger partial charge >= 0.3 is 0 Å². The lowest BCUT2D eigenvalue weighted by molar-refractivity contribution is 0.163. The number of rotatable bonds is 6. The first-order valence-electron chi connectivity index (χ1n) is 7.62. The van der Waals surface area contributed by atoms with Crippen molar-refractivity contribution in [2.75, 3.05) is 26.2 Å². The van der Waals surface area contributed by atoms with Crippen LogP contribution in [0.3, 0.4) is 0 Å². The molecular formula is C16H24Cl2N2. The molecule has 0 aliphatic carbocycles. The first kappa shape index (κ1) is 16.1. The molecule has 1 heterocycles. The summed E-state index contributed by atoms with van der Waals surface area (Å²) in [5.41, 5.74) is 1.12. The molecule has 0 amide bonds. The average Bonchev–Trinajstić information content (AvgIpc) is 2.46. The lowest BCUT2D eigenvalue weighted by atomic mass is 9.98. The van der Waals surface area contributed by atoms with Gasteiger partial charge in [0.25, 0.3) is 0 Å². The number of halogens is 2. The molecule has 4 heteroatoms. The molecule has 1 fully saturated rings. The van der Waals surface area contributed by atoms with E-state index < -0.39 is 0 Å². The molecule has 1 aliphatic rings. The highest BCUT2D eigenvalue weighted by Gasteiger charge is 2.25. The molecule has 0 saturated carbocycles. The Labute approximate surface area is 132 Å². The highest BCUT2D eigenvalue weighted by molar-refractivity contribution is 6.36. The van der Waals surface area contributed by atoms with Crippen LogP contribution in [0.15, 0.2) is 18.2 Å². The third-order valence-corrected chi connectivity index (χ3v) is 4.67. The predicted octanol–water partition coefficient (Wildman–Crippen LogP) is 4.52. The fourth-order valence-corrected chi connectivity index (χ4v) is 3.57. The van der Waals surface area contributed by atoms with Gasteiger partial charge in [-0.05, 0) is 18.6 Å². The fraction of sp³-hybridized carbons (Fsp3) is 0.625. The zero-order valence-corrected chi connectivity index (χ0v) is 13.7. The summed E-state index contributed by atoms with van der Waals surface area (Å²) < 4.78 is 0. The SMILES string of the molecule is CCCCC[C@H](c1c(Cl)cccc1Cl)N1CCNCC1. The van der Waals surface area contributed by atoms with Crippen LogP contribution in [0.4, 0.5) is 0 Å². The third kappa shape index (κ3) is 4.11. The molecule has 1 aliphatic heterocycles. The zero-order chi connectivity index (χ0) is 14.4. The van der Waals surface area contributed by atoms with Gasteiger partial charge in [0.05, 0.1) is 0 Å². The monoisotopic (exact) mass is 314 g/mol. The summed E-state index contributed by atoms with van der Waals surface area (Å²) in [5, 5.41) is 5.02. The molecule has 0 bridgehead atoms. The van der Waals surface area contributed by atoms with E-state index in [4.69, 9.17) is 23.2 Å². The van der Waals surface area contributed by atoms with Gasteiger partial charge in [0.1, 0.15) is 0 Å². The fourth-order valence-electron chi connectivity index (χ4n) is 2.92. The van der Waals surface area contributed by atoms with E-state index in [1.165, 1.54) is 19.3 Å². The van der Waals surface area contributed by atoms with Gasteiger partial charge in [0, 0.05) is 47.8 Å². The normalized spacial score (nSPS) is 18.1. The molecule has 1 aromatic rings. The van der Waals surface area contributed by atoms with Crippen LogP contribution in [0.1, 0.15) is 44.2 Å². The first-order chi connectivity index (χ1) is 9.74. The smallest absolute Gasteiger partial charge is 0.0468 e. The van der Waals surface area contributed by atoms with Crippen molar-refractivity contribution >= 4 is 23.2 Å². The minimum atomic E-state index is 0.352. The van der Waals surface area contributed by atoms with E-state index in [0.717, 1.165) is 48.2 Å². The Balaban J connectivity index is 2.20. The maximum Gasteiger partial charge on any atom is 0.0468 e. The van der Waals surface area contributed by atoms with Crippen LogP contribution in [-0.4, -0.2) is 31.1 Å². The lowest BCUT2D eigenvalue weighted by Crippen LogP contribution is -2.45. The van der Waals surface area contributed by atoms with Gasteiger partial charge in [-0.1, -0.05) is 55.5 Å². The maximum atomic E-state index is 6.43. The van der Waals surface area contributed by atoms with Gasteiger partial charge in [0.2, 0.25) is 0 Å². The number of benzene rings is 1. The Morgan fingerprint density at radius 1 is 1.15 bits per heavy atom. The molecule has 0 spiro atoms. The Kier molecular flexibility index (Phi) is 6.63.